The second-order valence-corrected chi connectivity index (χ2v) is 9.17. The molecule has 2 aromatic rings. The Morgan fingerprint density at radius 1 is 1.17 bits per heavy atom. The van der Waals surface area contributed by atoms with E-state index in [9.17, 15) is 23.6 Å². The molecule has 0 unspecified atom stereocenters. The van der Waals surface area contributed by atoms with E-state index in [4.69, 9.17) is 14.3 Å². The molecular weight excluding hydrogens is 475 g/mol. The van der Waals surface area contributed by atoms with Gasteiger partial charge in [0.15, 0.2) is 5.78 Å². The first kappa shape index (κ1) is 28.3. The van der Waals surface area contributed by atoms with Crippen molar-refractivity contribution in [3.05, 3.63) is 62.2 Å². The Balaban J connectivity index is 2.68. The van der Waals surface area contributed by atoms with Gasteiger partial charge in [0.25, 0.3) is 5.56 Å². The predicted molar refractivity (Wildman–Crippen MR) is 131 cm³/mol. The third kappa shape index (κ3) is 6.80. The van der Waals surface area contributed by atoms with Gasteiger partial charge in [-0.1, -0.05) is 5.16 Å². The molecule has 0 radical (unpaired) electrons. The lowest BCUT2D eigenvalue weighted by Gasteiger charge is -2.25. The van der Waals surface area contributed by atoms with E-state index in [1.165, 1.54) is 27.1 Å². The molecule has 0 saturated carbocycles. The summed E-state index contributed by atoms with van der Waals surface area (Å²) in [6, 6.07) is 3.40. The van der Waals surface area contributed by atoms with Crippen molar-refractivity contribution in [1.29, 1.82) is 0 Å². The van der Waals surface area contributed by atoms with Gasteiger partial charge in [-0.2, -0.15) is 4.68 Å². The van der Waals surface area contributed by atoms with Crippen molar-refractivity contribution in [3.63, 3.8) is 0 Å². The van der Waals surface area contributed by atoms with E-state index in [1.807, 2.05) is 0 Å². The first-order valence-electron chi connectivity index (χ1n) is 11.1. The predicted octanol–water partition coefficient (Wildman–Crippen LogP) is 2.69. The molecule has 36 heavy (non-hydrogen) atoms. The van der Waals surface area contributed by atoms with Crippen molar-refractivity contribution in [1.82, 2.24) is 9.24 Å². The number of benzene rings is 1. The summed E-state index contributed by atoms with van der Waals surface area (Å²) in [4.78, 5) is 57.4. The maximum absolute atomic E-state index is 13.8. The number of nitrogens with zero attached hydrogens (tertiary/aromatic N) is 4. The van der Waals surface area contributed by atoms with Crippen LogP contribution in [-0.4, -0.2) is 52.7 Å². The molecule has 0 aliphatic rings. The average Bonchev–Trinajstić information content (AvgIpc) is 2.77. The number of carbonyl (C=O) groups is 2. The fraction of sp³-hybridized carbons (Fsp3) is 0.458. The van der Waals surface area contributed by atoms with Crippen LogP contribution in [0.4, 0.5) is 9.18 Å². The van der Waals surface area contributed by atoms with Gasteiger partial charge in [-0.3, -0.25) is 14.2 Å². The van der Waals surface area contributed by atoms with Gasteiger partial charge in [0.2, 0.25) is 0 Å². The Morgan fingerprint density at radius 3 is 2.36 bits per heavy atom. The van der Waals surface area contributed by atoms with Gasteiger partial charge in [-0.05, 0) is 59.7 Å². The molecule has 0 spiro atoms. The van der Waals surface area contributed by atoms with Gasteiger partial charge < -0.3 is 14.3 Å². The standard InChI is InChI=1S/C24H31FN4O7/c1-14(2)36-26-15(3)18-12-28(13-19(30)17-11-16(25)9-10-20(17)34-8)22(32)29(21(18)31)27(7)23(33)35-24(4,5)6/h9-12,14H,13H2,1-8H3/b26-15+. The van der Waals surface area contributed by atoms with Gasteiger partial charge >= 0.3 is 11.8 Å². The summed E-state index contributed by atoms with van der Waals surface area (Å²) in [6.07, 6.45) is -0.132. The summed E-state index contributed by atoms with van der Waals surface area (Å²) in [5.74, 6) is -1.23. The summed E-state index contributed by atoms with van der Waals surface area (Å²) in [5.41, 5.74) is -2.89. The SMILES string of the molecule is COc1ccc(F)cc1C(=O)Cn1cc(/C(C)=N/OC(C)C)c(=O)n(N(C)C(=O)OC(C)(C)C)c1=O. The molecule has 1 aromatic carbocycles. The third-order valence-corrected chi connectivity index (χ3v) is 4.66. The Labute approximate surface area is 207 Å². The molecule has 0 fully saturated rings. The van der Waals surface area contributed by atoms with Gasteiger partial charge in [-0.25, -0.2) is 19.0 Å². The Kier molecular flexibility index (Phi) is 8.79. The highest BCUT2D eigenvalue weighted by Crippen LogP contribution is 2.20. The summed E-state index contributed by atoms with van der Waals surface area (Å²) >= 11 is 0. The summed E-state index contributed by atoms with van der Waals surface area (Å²) in [5, 5.41) is 4.61. The molecule has 1 aromatic heterocycles. The molecule has 196 valence electrons. The van der Waals surface area contributed by atoms with E-state index in [-0.39, 0.29) is 28.7 Å². The van der Waals surface area contributed by atoms with Crippen molar-refractivity contribution < 1.29 is 28.3 Å². The quantitative estimate of drug-likeness (QED) is 0.307. The number of hydrogen-bond donors (Lipinski definition) is 0. The fourth-order valence-electron chi connectivity index (χ4n) is 3.00. The van der Waals surface area contributed by atoms with Crippen molar-refractivity contribution in [2.45, 2.75) is 59.8 Å². The van der Waals surface area contributed by atoms with Crippen molar-refractivity contribution in [2.75, 3.05) is 19.2 Å². The molecule has 0 aliphatic carbocycles. The number of carbonyl (C=O) groups excluding carboxylic acids is 2. The first-order valence-corrected chi connectivity index (χ1v) is 11.1. The van der Waals surface area contributed by atoms with Crippen LogP contribution in [0.25, 0.3) is 0 Å². The first-order chi connectivity index (χ1) is 16.7. The minimum absolute atomic E-state index is 0.0993. The Bertz CT molecular complexity index is 1290. The number of methoxy groups -OCH3 is 1. The minimum Gasteiger partial charge on any atom is -0.496 e. The van der Waals surface area contributed by atoms with Gasteiger partial charge in [-0.15, -0.1) is 0 Å². The van der Waals surface area contributed by atoms with E-state index in [2.05, 4.69) is 5.16 Å². The van der Waals surface area contributed by atoms with Gasteiger partial charge in [0.1, 0.15) is 23.3 Å². The van der Waals surface area contributed by atoms with Crippen LogP contribution in [0, 0.1) is 5.82 Å². The van der Waals surface area contributed by atoms with E-state index in [0.717, 1.165) is 22.9 Å². The third-order valence-electron chi connectivity index (χ3n) is 4.66. The van der Waals surface area contributed by atoms with E-state index in [0.29, 0.717) is 9.69 Å². The normalized spacial score (nSPS) is 11.9. The van der Waals surface area contributed by atoms with Crippen molar-refractivity contribution in [3.8, 4) is 5.75 Å². The Hall–Kier alpha value is -3.96. The summed E-state index contributed by atoms with van der Waals surface area (Å²) in [6.45, 7) is 9.23. The van der Waals surface area contributed by atoms with Crippen LogP contribution in [0.1, 0.15) is 57.5 Å². The monoisotopic (exact) mass is 506 g/mol. The van der Waals surface area contributed by atoms with Crippen LogP contribution in [0.5, 0.6) is 5.75 Å². The summed E-state index contributed by atoms with van der Waals surface area (Å²) in [7, 11) is 2.50. The largest absolute Gasteiger partial charge is 0.496 e. The maximum atomic E-state index is 13.8. The van der Waals surface area contributed by atoms with E-state index >= 15 is 0 Å². The molecule has 0 bridgehead atoms. The van der Waals surface area contributed by atoms with Crippen molar-refractivity contribution in [2.24, 2.45) is 5.16 Å². The highest BCUT2D eigenvalue weighted by atomic mass is 19.1. The lowest BCUT2D eigenvalue weighted by molar-refractivity contribution is 0.0545. The average molecular weight is 507 g/mol. The molecule has 1 heterocycles. The van der Waals surface area contributed by atoms with Crippen LogP contribution >= 0.6 is 0 Å². The molecule has 1 amide bonds. The smallest absolute Gasteiger partial charge is 0.429 e. The highest BCUT2D eigenvalue weighted by molar-refractivity contribution is 5.99. The van der Waals surface area contributed by atoms with Crippen molar-refractivity contribution >= 4 is 17.6 Å². The van der Waals surface area contributed by atoms with E-state index < -0.39 is 41.1 Å². The number of Topliss-reactive ketones (excluding diaryl/α,β-unsaturated/α-hetero) is 1. The topological polar surface area (TPSA) is 121 Å². The van der Waals surface area contributed by atoms with Gasteiger partial charge in [0, 0.05) is 13.2 Å². The fourth-order valence-corrected chi connectivity index (χ4v) is 3.00. The molecule has 0 atom stereocenters. The number of halogens is 1. The molecule has 0 saturated heterocycles. The molecule has 12 heteroatoms. The van der Waals surface area contributed by atoms with Crippen LogP contribution in [0.2, 0.25) is 0 Å². The van der Waals surface area contributed by atoms with Crippen LogP contribution < -0.4 is 21.0 Å². The molecule has 11 nitrogen and oxygen atoms in total. The lowest BCUT2D eigenvalue weighted by Crippen LogP contribution is -2.55. The minimum atomic E-state index is -1.00. The molecule has 0 aliphatic heterocycles. The maximum Gasteiger partial charge on any atom is 0.429 e. The zero-order valence-corrected chi connectivity index (χ0v) is 21.6. The zero-order chi connectivity index (χ0) is 27.4. The molecule has 2 rings (SSSR count). The highest BCUT2D eigenvalue weighted by Gasteiger charge is 2.26. The number of ether oxygens (including phenoxy) is 2. The van der Waals surface area contributed by atoms with Crippen LogP contribution in [0.3, 0.4) is 0 Å². The molecular formula is C24H31FN4O7. The Morgan fingerprint density at radius 2 is 1.81 bits per heavy atom. The van der Waals surface area contributed by atoms with Crippen LogP contribution in [0.15, 0.2) is 39.1 Å². The second kappa shape index (κ2) is 11.2. The summed E-state index contributed by atoms with van der Waals surface area (Å²) < 4.78 is 25.7. The lowest BCUT2D eigenvalue weighted by atomic mass is 10.1. The van der Waals surface area contributed by atoms with Crippen LogP contribution in [-0.2, 0) is 16.1 Å². The number of aromatic nitrogens is 2. The molecule has 0 N–H and O–H groups in total. The number of oxime groups is 1. The van der Waals surface area contributed by atoms with Gasteiger partial charge in [0.05, 0.1) is 30.5 Å². The number of amides is 1. The number of rotatable bonds is 8. The van der Waals surface area contributed by atoms with E-state index in [1.54, 1.807) is 34.6 Å². The second-order valence-electron chi connectivity index (χ2n) is 9.17. The zero-order valence-electron chi connectivity index (χ0n) is 21.6. The number of ketones is 1. The number of hydrogen-bond acceptors (Lipinski definition) is 8.